The molecule has 0 fully saturated rings. The van der Waals surface area contributed by atoms with Gasteiger partial charge in [-0.05, 0) is 30.5 Å². The van der Waals surface area contributed by atoms with Crippen LogP contribution in [-0.4, -0.2) is 10.5 Å². The minimum absolute atomic E-state index is 0.297. The number of carbonyl (C=O) groups is 1. The number of nitrogens with zero attached hydrogens (tertiary/aromatic N) is 1. The molecule has 4 aromatic rings. The maximum Gasteiger partial charge on any atom is 0.308 e. The molecule has 1 aromatic heterocycles. The van der Waals surface area contributed by atoms with Crippen molar-refractivity contribution in [2.75, 3.05) is 0 Å². The van der Waals surface area contributed by atoms with Gasteiger partial charge in [0.15, 0.2) is 0 Å². The van der Waals surface area contributed by atoms with Gasteiger partial charge in [-0.15, -0.1) is 0 Å². The van der Waals surface area contributed by atoms with Crippen LogP contribution in [0.1, 0.15) is 13.8 Å². The number of carbonyl (C=O) groups excluding carboxylic acids is 1. The van der Waals surface area contributed by atoms with Crippen molar-refractivity contribution in [3.05, 3.63) is 54.6 Å². The van der Waals surface area contributed by atoms with Crippen LogP contribution in [0.3, 0.4) is 0 Å². The molecule has 0 radical (unpaired) electrons. The lowest BCUT2D eigenvalue weighted by Crippen LogP contribution is -2.01. The Kier molecular flexibility index (Phi) is 3.08. The molecule has 0 amide bonds. The van der Waals surface area contributed by atoms with Crippen molar-refractivity contribution in [3.63, 3.8) is 0 Å². The van der Waals surface area contributed by atoms with E-state index in [1.807, 2.05) is 18.2 Å². The molecule has 0 atom stereocenters. The normalized spacial score (nSPS) is 11.4. The fourth-order valence-electron chi connectivity index (χ4n) is 3.41. The number of rotatable bonds is 2. The lowest BCUT2D eigenvalue weighted by atomic mass is 10.1. The number of ether oxygens (including phenoxy) is 1. The van der Waals surface area contributed by atoms with E-state index in [0.717, 1.165) is 17.4 Å². The summed E-state index contributed by atoms with van der Waals surface area (Å²) in [6.45, 7) is 4.47. The Morgan fingerprint density at radius 1 is 1.00 bits per heavy atom. The van der Waals surface area contributed by atoms with Crippen LogP contribution in [0, 0.1) is 0 Å². The van der Waals surface area contributed by atoms with Gasteiger partial charge >= 0.3 is 5.97 Å². The van der Waals surface area contributed by atoms with E-state index in [2.05, 4.69) is 47.9 Å². The molecule has 4 rings (SSSR count). The van der Waals surface area contributed by atoms with E-state index in [9.17, 15) is 4.79 Å². The molecule has 0 spiro atoms. The van der Waals surface area contributed by atoms with Crippen molar-refractivity contribution in [2.45, 2.75) is 20.4 Å². The molecular weight excluding hydrogens is 286 g/mol. The van der Waals surface area contributed by atoms with Gasteiger partial charge in [0.1, 0.15) is 5.75 Å². The zero-order valence-electron chi connectivity index (χ0n) is 13.2. The molecule has 0 unspecified atom stereocenters. The molecule has 0 saturated heterocycles. The van der Waals surface area contributed by atoms with E-state index in [0.29, 0.717) is 5.75 Å². The predicted molar refractivity (Wildman–Crippen MR) is 93.9 cm³/mol. The number of esters is 1. The van der Waals surface area contributed by atoms with Gasteiger partial charge in [0.2, 0.25) is 0 Å². The first-order valence-corrected chi connectivity index (χ1v) is 7.81. The fraction of sp³-hybridized carbons (Fsp3) is 0.150. The quantitative estimate of drug-likeness (QED) is 0.390. The minimum Gasteiger partial charge on any atom is -0.427 e. The van der Waals surface area contributed by atoms with E-state index < -0.39 is 0 Å². The van der Waals surface area contributed by atoms with Crippen LogP contribution in [0.4, 0.5) is 0 Å². The summed E-state index contributed by atoms with van der Waals surface area (Å²) in [6.07, 6.45) is 0. The molecule has 0 saturated carbocycles. The topological polar surface area (TPSA) is 31.2 Å². The lowest BCUT2D eigenvalue weighted by molar-refractivity contribution is -0.131. The maximum atomic E-state index is 11.2. The van der Waals surface area contributed by atoms with Crippen molar-refractivity contribution < 1.29 is 9.53 Å². The second-order valence-electron chi connectivity index (χ2n) is 5.70. The first-order valence-electron chi connectivity index (χ1n) is 7.81. The van der Waals surface area contributed by atoms with Crippen LogP contribution in [-0.2, 0) is 11.3 Å². The molecule has 0 bridgehead atoms. The van der Waals surface area contributed by atoms with Crippen molar-refractivity contribution in [3.8, 4) is 5.75 Å². The molecular formula is C20H17NO2. The van der Waals surface area contributed by atoms with Gasteiger partial charge in [0.25, 0.3) is 0 Å². The summed E-state index contributed by atoms with van der Waals surface area (Å²) in [5, 5.41) is 4.79. The first-order chi connectivity index (χ1) is 11.2. The minimum atomic E-state index is -0.297. The molecule has 0 aliphatic heterocycles. The second kappa shape index (κ2) is 5.13. The number of hydrogen-bond donors (Lipinski definition) is 0. The third-order valence-electron chi connectivity index (χ3n) is 4.30. The standard InChI is InChI=1S/C20H17NO2/c1-3-21-19-11-9-15(23-13(2)22)12-18(19)17-10-8-14-6-4-5-7-16(14)20(17)21/h4-12H,3H2,1-2H3. The zero-order valence-corrected chi connectivity index (χ0v) is 13.2. The number of benzene rings is 3. The van der Waals surface area contributed by atoms with Gasteiger partial charge in [-0.25, -0.2) is 0 Å². The van der Waals surface area contributed by atoms with Gasteiger partial charge in [-0.3, -0.25) is 4.79 Å². The highest BCUT2D eigenvalue weighted by molar-refractivity contribution is 6.17. The van der Waals surface area contributed by atoms with Crippen LogP contribution >= 0.6 is 0 Å². The maximum absolute atomic E-state index is 11.2. The molecule has 0 N–H and O–H groups in total. The number of aromatic nitrogens is 1. The average Bonchev–Trinajstić information content (AvgIpc) is 2.87. The largest absolute Gasteiger partial charge is 0.427 e. The third-order valence-corrected chi connectivity index (χ3v) is 4.30. The average molecular weight is 303 g/mol. The molecule has 0 aliphatic rings. The Hall–Kier alpha value is -2.81. The highest BCUT2D eigenvalue weighted by Gasteiger charge is 2.13. The van der Waals surface area contributed by atoms with Crippen LogP contribution in [0.5, 0.6) is 5.75 Å². The molecule has 3 aromatic carbocycles. The highest BCUT2D eigenvalue weighted by atomic mass is 16.5. The fourth-order valence-corrected chi connectivity index (χ4v) is 3.41. The lowest BCUT2D eigenvalue weighted by Gasteiger charge is -2.06. The summed E-state index contributed by atoms with van der Waals surface area (Å²) in [5.41, 5.74) is 2.40. The monoisotopic (exact) mass is 303 g/mol. The number of aryl methyl sites for hydroxylation is 1. The molecule has 114 valence electrons. The second-order valence-corrected chi connectivity index (χ2v) is 5.70. The smallest absolute Gasteiger partial charge is 0.308 e. The highest BCUT2D eigenvalue weighted by Crippen LogP contribution is 2.35. The Morgan fingerprint density at radius 2 is 1.83 bits per heavy atom. The summed E-state index contributed by atoms with van der Waals surface area (Å²) >= 11 is 0. The van der Waals surface area contributed by atoms with Crippen molar-refractivity contribution in [1.82, 2.24) is 4.57 Å². The van der Waals surface area contributed by atoms with Gasteiger partial charge in [-0.2, -0.15) is 0 Å². The van der Waals surface area contributed by atoms with Crippen molar-refractivity contribution >= 4 is 38.5 Å². The Bertz CT molecular complexity index is 1060. The summed E-state index contributed by atoms with van der Waals surface area (Å²) in [5.74, 6) is 0.294. The Morgan fingerprint density at radius 3 is 2.61 bits per heavy atom. The predicted octanol–water partition coefficient (Wildman–Crippen LogP) is 4.89. The van der Waals surface area contributed by atoms with Crippen LogP contribution in [0.25, 0.3) is 32.6 Å². The van der Waals surface area contributed by atoms with E-state index >= 15 is 0 Å². The molecule has 0 aliphatic carbocycles. The van der Waals surface area contributed by atoms with E-state index in [4.69, 9.17) is 4.74 Å². The van der Waals surface area contributed by atoms with Gasteiger partial charge < -0.3 is 9.30 Å². The summed E-state index contributed by atoms with van der Waals surface area (Å²) in [4.78, 5) is 11.2. The zero-order chi connectivity index (χ0) is 16.0. The van der Waals surface area contributed by atoms with Crippen LogP contribution in [0.2, 0.25) is 0 Å². The van der Waals surface area contributed by atoms with Crippen molar-refractivity contribution in [1.29, 1.82) is 0 Å². The number of fused-ring (bicyclic) bond motifs is 5. The molecule has 3 nitrogen and oxygen atoms in total. The summed E-state index contributed by atoms with van der Waals surface area (Å²) in [6, 6.07) is 18.6. The molecule has 1 heterocycles. The van der Waals surface area contributed by atoms with Crippen LogP contribution in [0.15, 0.2) is 54.6 Å². The Balaban J connectivity index is 2.14. The SMILES string of the molecule is CCn1c2ccc(OC(C)=O)cc2c2ccc3ccccc3c21. The van der Waals surface area contributed by atoms with E-state index in [1.165, 1.54) is 28.6 Å². The van der Waals surface area contributed by atoms with E-state index in [1.54, 1.807) is 0 Å². The third kappa shape index (κ3) is 2.08. The number of hydrogen-bond acceptors (Lipinski definition) is 2. The van der Waals surface area contributed by atoms with Crippen molar-refractivity contribution in [2.24, 2.45) is 0 Å². The van der Waals surface area contributed by atoms with Gasteiger partial charge in [0.05, 0.1) is 5.52 Å². The van der Waals surface area contributed by atoms with Gasteiger partial charge in [0, 0.05) is 35.1 Å². The van der Waals surface area contributed by atoms with Crippen LogP contribution < -0.4 is 4.74 Å². The summed E-state index contributed by atoms with van der Waals surface area (Å²) < 4.78 is 7.58. The first kappa shape index (κ1) is 13.8. The van der Waals surface area contributed by atoms with E-state index in [-0.39, 0.29) is 5.97 Å². The molecule has 23 heavy (non-hydrogen) atoms. The Labute approximate surface area is 134 Å². The van der Waals surface area contributed by atoms with Gasteiger partial charge in [-0.1, -0.05) is 36.4 Å². The summed E-state index contributed by atoms with van der Waals surface area (Å²) in [7, 11) is 0. The molecule has 3 heteroatoms.